The average molecular weight is 436 g/mol. The summed E-state index contributed by atoms with van der Waals surface area (Å²) < 4.78 is 37.1. The Kier molecular flexibility index (Phi) is 11.3. The van der Waals surface area contributed by atoms with Gasteiger partial charge in [0, 0.05) is 27.7 Å². The first-order chi connectivity index (χ1) is 14.1. The zero-order valence-electron chi connectivity index (χ0n) is 17.4. The van der Waals surface area contributed by atoms with Crippen LogP contribution in [0.3, 0.4) is 0 Å². The van der Waals surface area contributed by atoms with Gasteiger partial charge >= 0.3 is 23.9 Å². The average Bonchev–Trinajstić information content (AvgIpc) is 2.63. The van der Waals surface area contributed by atoms with Crippen LogP contribution in [0.15, 0.2) is 0 Å². The lowest BCUT2D eigenvalue weighted by Gasteiger charge is -2.44. The van der Waals surface area contributed by atoms with E-state index in [1.165, 1.54) is 6.92 Å². The number of aliphatic hydroxyl groups is 1. The van der Waals surface area contributed by atoms with Gasteiger partial charge in [-0.05, 0) is 0 Å². The van der Waals surface area contributed by atoms with Crippen LogP contribution in [0.4, 0.5) is 0 Å². The largest absolute Gasteiger partial charge is 0.463 e. The Morgan fingerprint density at radius 1 is 0.767 bits per heavy atom. The molecule has 1 rings (SSSR count). The lowest BCUT2D eigenvalue weighted by atomic mass is 9.98. The Morgan fingerprint density at radius 2 is 1.33 bits per heavy atom. The topological polar surface area (TPSA) is 153 Å². The molecular formula is C18H28O12. The quantitative estimate of drug-likeness (QED) is 0.242. The van der Waals surface area contributed by atoms with Gasteiger partial charge in [-0.15, -0.1) is 0 Å². The molecule has 0 aromatic heterocycles. The minimum atomic E-state index is -1.28. The first-order valence-corrected chi connectivity index (χ1v) is 9.26. The van der Waals surface area contributed by atoms with E-state index in [9.17, 15) is 19.2 Å². The van der Waals surface area contributed by atoms with E-state index in [-0.39, 0.29) is 33.0 Å². The number of carbonyl (C=O) groups excluding carboxylic acids is 4. The van der Waals surface area contributed by atoms with Crippen LogP contribution in [0.1, 0.15) is 27.7 Å². The van der Waals surface area contributed by atoms with Crippen molar-refractivity contribution in [2.45, 2.75) is 58.4 Å². The maximum Gasteiger partial charge on any atom is 0.303 e. The number of hydrogen-bond donors (Lipinski definition) is 1. The van der Waals surface area contributed by atoms with E-state index < -0.39 is 54.6 Å². The predicted molar refractivity (Wildman–Crippen MR) is 95.8 cm³/mol. The molecule has 172 valence electrons. The highest BCUT2D eigenvalue weighted by atomic mass is 16.7. The third-order valence-electron chi connectivity index (χ3n) is 3.69. The Morgan fingerprint density at radius 3 is 1.87 bits per heavy atom. The molecule has 0 aromatic carbocycles. The molecule has 1 heterocycles. The van der Waals surface area contributed by atoms with E-state index in [0.717, 1.165) is 20.8 Å². The van der Waals surface area contributed by atoms with Gasteiger partial charge in [-0.2, -0.15) is 0 Å². The van der Waals surface area contributed by atoms with Crippen molar-refractivity contribution in [3.63, 3.8) is 0 Å². The van der Waals surface area contributed by atoms with Crippen LogP contribution >= 0.6 is 0 Å². The number of aliphatic hydroxyl groups excluding tert-OH is 1. The molecule has 0 saturated carbocycles. The summed E-state index contributed by atoms with van der Waals surface area (Å²) in [5.74, 6) is -2.77. The molecule has 0 bridgehead atoms. The Hall–Kier alpha value is -2.28. The third kappa shape index (κ3) is 9.03. The van der Waals surface area contributed by atoms with Gasteiger partial charge in [0.05, 0.1) is 26.4 Å². The number of rotatable bonds is 11. The monoisotopic (exact) mass is 436 g/mol. The molecule has 1 fully saturated rings. The highest BCUT2D eigenvalue weighted by Gasteiger charge is 2.52. The summed E-state index contributed by atoms with van der Waals surface area (Å²) in [7, 11) is 0. The van der Waals surface area contributed by atoms with Crippen LogP contribution in [0.5, 0.6) is 0 Å². The molecule has 0 amide bonds. The van der Waals surface area contributed by atoms with Crippen molar-refractivity contribution in [1.82, 2.24) is 0 Å². The van der Waals surface area contributed by atoms with Crippen molar-refractivity contribution in [3.8, 4) is 0 Å². The number of ether oxygens (including phenoxy) is 7. The molecule has 12 heteroatoms. The third-order valence-corrected chi connectivity index (χ3v) is 3.69. The standard InChI is InChI=1S/C18H28O12/c1-10(20)26-9-14-15(27-11(2)21)16(28-12(3)22)17(29-13(4)23)18(30-14)25-8-7-24-6-5-19/h14-19H,5-9H2,1-4H3. The van der Waals surface area contributed by atoms with Gasteiger partial charge < -0.3 is 38.3 Å². The van der Waals surface area contributed by atoms with Gasteiger partial charge in [0.2, 0.25) is 0 Å². The highest BCUT2D eigenvalue weighted by Crippen LogP contribution is 2.29. The molecule has 30 heavy (non-hydrogen) atoms. The van der Waals surface area contributed by atoms with Gasteiger partial charge in [0.1, 0.15) is 12.7 Å². The molecule has 1 saturated heterocycles. The van der Waals surface area contributed by atoms with Crippen LogP contribution in [0.25, 0.3) is 0 Å². The van der Waals surface area contributed by atoms with E-state index >= 15 is 0 Å². The second kappa shape index (κ2) is 13.1. The van der Waals surface area contributed by atoms with Crippen molar-refractivity contribution in [2.24, 2.45) is 0 Å². The SMILES string of the molecule is CC(=O)OCC1OC(OCCOCCO)C(OC(C)=O)C(OC(C)=O)C1OC(C)=O. The molecule has 5 atom stereocenters. The van der Waals surface area contributed by atoms with Gasteiger partial charge in [-0.3, -0.25) is 19.2 Å². The van der Waals surface area contributed by atoms with Gasteiger partial charge in [0.15, 0.2) is 24.6 Å². The van der Waals surface area contributed by atoms with E-state index in [4.69, 9.17) is 38.3 Å². The summed E-state index contributed by atoms with van der Waals surface area (Å²) in [6, 6.07) is 0. The van der Waals surface area contributed by atoms with Crippen molar-refractivity contribution in [2.75, 3.05) is 33.0 Å². The Balaban J connectivity index is 3.13. The predicted octanol–water partition coefficient (Wildman–Crippen LogP) is -0.905. The van der Waals surface area contributed by atoms with Crippen molar-refractivity contribution in [3.05, 3.63) is 0 Å². The lowest BCUT2D eigenvalue weighted by molar-refractivity contribution is -0.309. The fourth-order valence-corrected chi connectivity index (χ4v) is 2.71. The zero-order chi connectivity index (χ0) is 22.7. The second-order valence-corrected chi connectivity index (χ2v) is 6.27. The Bertz CT molecular complexity index is 592. The van der Waals surface area contributed by atoms with Crippen LogP contribution in [-0.4, -0.2) is 92.7 Å². The molecule has 12 nitrogen and oxygen atoms in total. The summed E-state index contributed by atoms with van der Waals surface area (Å²) in [6.07, 6.45) is -6.11. The van der Waals surface area contributed by atoms with E-state index in [2.05, 4.69) is 0 Å². The van der Waals surface area contributed by atoms with Gasteiger partial charge in [-0.25, -0.2) is 0 Å². The summed E-state index contributed by atoms with van der Waals surface area (Å²) in [5, 5.41) is 8.73. The van der Waals surface area contributed by atoms with E-state index in [0.29, 0.717) is 0 Å². The number of carbonyl (C=O) groups is 4. The lowest BCUT2D eigenvalue weighted by Crippen LogP contribution is -2.63. The van der Waals surface area contributed by atoms with Crippen molar-refractivity contribution >= 4 is 23.9 Å². The molecule has 0 radical (unpaired) electrons. The first kappa shape index (κ1) is 25.8. The molecule has 0 aromatic rings. The second-order valence-electron chi connectivity index (χ2n) is 6.27. The summed E-state index contributed by atoms with van der Waals surface area (Å²) in [6.45, 7) is 4.25. The zero-order valence-corrected chi connectivity index (χ0v) is 17.4. The normalized spacial score (nSPS) is 25.8. The van der Waals surface area contributed by atoms with Crippen LogP contribution < -0.4 is 0 Å². The van der Waals surface area contributed by atoms with E-state index in [1.807, 2.05) is 0 Å². The first-order valence-electron chi connectivity index (χ1n) is 9.26. The molecular weight excluding hydrogens is 408 g/mol. The Labute approximate surface area is 173 Å². The maximum absolute atomic E-state index is 11.7. The number of esters is 4. The molecule has 0 spiro atoms. The van der Waals surface area contributed by atoms with Crippen LogP contribution in [0.2, 0.25) is 0 Å². The molecule has 1 aliphatic rings. The van der Waals surface area contributed by atoms with Crippen LogP contribution in [0, 0.1) is 0 Å². The molecule has 5 unspecified atom stereocenters. The number of hydrogen-bond acceptors (Lipinski definition) is 12. The smallest absolute Gasteiger partial charge is 0.303 e. The van der Waals surface area contributed by atoms with E-state index in [1.54, 1.807) is 0 Å². The van der Waals surface area contributed by atoms with Gasteiger partial charge in [0.25, 0.3) is 0 Å². The van der Waals surface area contributed by atoms with Crippen LogP contribution in [-0.2, 0) is 52.3 Å². The van der Waals surface area contributed by atoms with Gasteiger partial charge in [-0.1, -0.05) is 0 Å². The van der Waals surface area contributed by atoms with Crippen molar-refractivity contribution < 1.29 is 57.4 Å². The minimum Gasteiger partial charge on any atom is -0.463 e. The molecule has 1 aliphatic heterocycles. The fraction of sp³-hybridized carbons (Fsp3) is 0.778. The fourth-order valence-electron chi connectivity index (χ4n) is 2.71. The minimum absolute atomic E-state index is 0.0201. The summed E-state index contributed by atoms with van der Waals surface area (Å²) in [4.78, 5) is 46.1. The summed E-state index contributed by atoms with van der Waals surface area (Å²) >= 11 is 0. The highest BCUT2D eigenvalue weighted by molar-refractivity contribution is 5.68. The maximum atomic E-state index is 11.7. The summed E-state index contributed by atoms with van der Waals surface area (Å²) in [5.41, 5.74) is 0. The molecule has 1 N–H and O–H groups in total. The van der Waals surface area contributed by atoms with Crippen molar-refractivity contribution in [1.29, 1.82) is 0 Å². The molecule has 0 aliphatic carbocycles.